The van der Waals surface area contributed by atoms with Gasteiger partial charge in [0, 0.05) is 13.0 Å². The molecule has 7 atom stereocenters. The van der Waals surface area contributed by atoms with Crippen LogP contribution in [0, 0.1) is 35.0 Å². The van der Waals surface area contributed by atoms with Gasteiger partial charge in [-0.25, -0.2) is 0 Å². The first kappa shape index (κ1) is 44.5. The van der Waals surface area contributed by atoms with Gasteiger partial charge in [-0.3, -0.25) is 4.79 Å². The third-order valence-electron chi connectivity index (χ3n) is 9.97. The van der Waals surface area contributed by atoms with Crippen molar-refractivity contribution >= 4 is 29.5 Å². The number of fused-ring (bicyclic) bond motifs is 1. The molecule has 0 bridgehead atoms. The lowest BCUT2D eigenvalue weighted by Crippen LogP contribution is -2.45. The van der Waals surface area contributed by atoms with Gasteiger partial charge in [0.25, 0.3) is 0 Å². The highest BCUT2D eigenvalue weighted by molar-refractivity contribution is 6.22. The second kappa shape index (κ2) is 25.5. The lowest BCUT2D eigenvalue weighted by molar-refractivity contribution is -0.123. The third kappa shape index (κ3) is 14.3. The lowest BCUT2D eigenvalue weighted by atomic mass is 9.55. The van der Waals surface area contributed by atoms with Crippen molar-refractivity contribution in [2.24, 2.45) is 35.0 Å². The van der Waals surface area contributed by atoms with Crippen LogP contribution >= 0.6 is 11.6 Å². The molecule has 0 spiro atoms. The Morgan fingerprint density at radius 2 is 1.63 bits per heavy atom. The highest BCUT2D eigenvalue weighted by atomic mass is 35.5. The van der Waals surface area contributed by atoms with Crippen LogP contribution in [-0.4, -0.2) is 39.9 Å². The minimum atomic E-state index is -0.0382. The fraction of sp³-hybridized carbons (Fsp3) is 0.825. The van der Waals surface area contributed by atoms with Crippen LogP contribution in [0.15, 0.2) is 12.2 Å². The van der Waals surface area contributed by atoms with E-state index in [0.29, 0.717) is 17.3 Å². The number of hydrogen-bond acceptors (Lipinski definition) is 4. The van der Waals surface area contributed by atoms with E-state index in [-0.39, 0.29) is 23.6 Å². The van der Waals surface area contributed by atoms with Crippen molar-refractivity contribution in [1.29, 1.82) is 0 Å². The van der Waals surface area contributed by atoms with E-state index in [4.69, 9.17) is 16.3 Å². The van der Waals surface area contributed by atoms with E-state index in [1.165, 1.54) is 57.8 Å². The minimum Gasteiger partial charge on any atom is -0.384 e. The van der Waals surface area contributed by atoms with Crippen LogP contribution in [0.2, 0.25) is 0 Å². The fourth-order valence-corrected chi connectivity index (χ4v) is 7.50. The molecule has 5 nitrogen and oxygen atoms in total. The maximum absolute atomic E-state index is 13.2. The van der Waals surface area contributed by atoms with Crippen molar-refractivity contribution in [2.45, 2.75) is 165 Å². The first-order valence-corrected chi connectivity index (χ1v) is 19.6. The fourth-order valence-electron chi connectivity index (χ4n) is 7.32. The molecule has 1 saturated carbocycles. The van der Waals surface area contributed by atoms with E-state index >= 15 is 0 Å². The molecule has 0 amide bonds. The zero-order chi connectivity index (χ0) is 35.1. The Labute approximate surface area is 290 Å². The monoisotopic (exact) mass is 664 g/mol. The molecule has 7 unspecified atom stereocenters. The van der Waals surface area contributed by atoms with Crippen molar-refractivity contribution in [3.8, 4) is 0 Å². The zero-order valence-corrected chi connectivity index (χ0v) is 33.0. The molecule has 3 rings (SSSR count). The van der Waals surface area contributed by atoms with Crippen LogP contribution in [0.4, 0.5) is 0 Å². The molecule has 1 fully saturated rings. The Kier molecular flexibility index (Phi) is 24.7. The predicted molar refractivity (Wildman–Crippen MR) is 202 cm³/mol. The summed E-state index contributed by atoms with van der Waals surface area (Å²) in [5, 5.41) is 9.09. The third-order valence-corrected chi connectivity index (χ3v) is 10.3. The first-order chi connectivity index (χ1) is 22.2. The van der Waals surface area contributed by atoms with Gasteiger partial charge < -0.3 is 4.74 Å². The molecule has 1 aromatic heterocycles. The van der Waals surface area contributed by atoms with Crippen molar-refractivity contribution in [1.82, 2.24) is 15.0 Å². The molecule has 0 radical (unpaired) electrons. The van der Waals surface area contributed by atoms with E-state index < -0.39 is 0 Å². The standard InChI is InChI=1S/C33H54ClN3O2.C3H8.2C2H6/c1-7-24(4)19-21-33(23-39-6)20-11-13-28(29(33)9-3)26(8-2)16-15-25(5)32(38)22-37-35-30-14-10-12-27(34)17-18-31(30)36-37;1-3-2;2*1-2/h10,14,17-18,24-29H,7-9,11-13,15-16,19-23H2,1-6H3;3H2,1-2H3;2*1-2H3/b14-10-,18-17?;;;. The predicted octanol–water partition coefficient (Wildman–Crippen LogP) is 12.1. The number of rotatable bonds is 15. The molecule has 1 aromatic rings. The molecule has 6 heteroatoms. The number of allylic oxidation sites excluding steroid dienone is 2. The smallest absolute Gasteiger partial charge is 0.158 e. The van der Waals surface area contributed by atoms with E-state index in [0.717, 1.165) is 49.1 Å². The van der Waals surface area contributed by atoms with Crippen LogP contribution in [-0.2, 0) is 16.1 Å². The number of carbonyl (C=O) groups is 1. The average molecular weight is 665 g/mol. The number of hydrogen-bond donors (Lipinski definition) is 0. The molecule has 0 N–H and O–H groups in total. The largest absolute Gasteiger partial charge is 0.384 e. The van der Waals surface area contributed by atoms with E-state index in [1.54, 1.807) is 4.80 Å². The second-order valence-electron chi connectivity index (χ2n) is 13.3. The normalized spacial score (nSPS) is 24.6. The minimum absolute atomic E-state index is 0.00347. The van der Waals surface area contributed by atoms with Gasteiger partial charge in [-0.05, 0) is 79.8 Å². The number of nitrogens with zero attached hydrogens (tertiary/aromatic N) is 3. The van der Waals surface area contributed by atoms with Crippen LogP contribution in [0.3, 0.4) is 0 Å². The first-order valence-electron chi connectivity index (χ1n) is 19.1. The molecular weight excluding hydrogens is 590 g/mol. The van der Waals surface area contributed by atoms with Gasteiger partial charge >= 0.3 is 0 Å². The van der Waals surface area contributed by atoms with Crippen LogP contribution < -0.4 is 0 Å². The Morgan fingerprint density at radius 1 is 1.00 bits per heavy atom. The van der Waals surface area contributed by atoms with Crippen molar-refractivity contribution in [3.05, 3.63) is 23.5 Å². The molecule has 2 aliphatic carbocycles. The maximum atomic E-state index is 13.2. The average Bonchev–Trinajstić information content (AvgIpc) is 3.44. The quantitative estimate of drug-likeness (QED) is 0.175. The van der Waals surface area contributed by atoms with Crippen LogP contribution in [0.25, 0.3) is 12.2 Å². The molecular formula is C40H74ClN3O2. The highest BCUT2D eigenvalue weighted by Crippen LogP contribution is 2.53. The summed E-state index contributed by atoms with van der Waals surface area (Å²) in [6, 6.07) is 0. The molecule has 268 valence electrons. The van der Waals surface area contributed by atoms with E-state index in [9.17, 15) is 4.79 Å². The Bertz CT molecular complexity index is 970. The molecule has 0 saturated heterocycles. The summed E-state index contributed by atoms with van der Waals surface area (Å²) >= 11 is 6.25. The molecule has 46 heavy (non-hydrogen) atoms. The number of methoxy groups -OCH3 is 1. The summed E-state index contributed by atoms with van der Waals surface area (Å²) < 4.78 is 5.91. The van der Waals surface area contributed by atoms with Gasteiger partial charge in [0.1, 0.15) is 17.9 Å². The number of alkyl halides is 1. The molecule has 2 aliphatic rings. The summed E-state index contributed by atoms with van der Waals surface area (Å²) in [5.41, 5.74) is 1.88. The summed E-state index contributed by atoms with van der Waals surface area (Å²) in [6.45, 7) is 24.9. The van der Waals surface area contributed by atoms with Gasteiger partial charge in [0.15, 0.2) is 5.78 Å². The summed E-state index contributed by atoms with van der Waals surface area (Å²) in [4.78, 5) is 14.8. The Balaban J connectivity index is 0.00000268. The zero-order valence-electron chi connectivity index (χ0n) is 32.2. The molecule has 1 heterocycles. The Morgan fingerprint density at radius 3 is 2.20 bits per heavy atom. The number of carbonyl (C=O) groups excluding carboxylic acids is 1. The maximum Gasteiger partial charge on any atom is 0.158 e. The second-order valence-corrected chi connectivity index (χ2v) is 13.8. The van der Waals surface area contributed by atoms with E-state index in [1.807, 2.05) is 59.1 Å². The van der Waals surface area contributed by atoms with Crippen molar-refractivity contribution in [3.63, 3.8) is 0 Å². The van der Waals surface area contributed by atoms with Gasteiger partial charge in [0.2, 0.25) is 0 Å². The molecule has 0 aromatic carbocycles. The number of ketones is 1. The van der Waals surface area contributed by atoms with Gasteiger partial charge in [-0.15, -0.1) is 11.6 Å². The Hall–Kier alpha value is -1.46. The van der Waals surface area contributed by atoms with Gasteiger partial charge in [-0.1, -0.05) is 127 Å². The van der Waals surface area contributed by atoms with Crippen LogP contribution in [0.5, 0.6) is 0 Å². The van der Waals surface area contributed by atoms with Crippen LogP contribution in [0.1, 0.15) is 165 Å². The van der Waals surface area contributed by atoms with E-state index in [2.05, 4.69) is 58.7 Å². The number of Topliss-reactive ketones (excluding diaryl/α,β-unsaturated/α-hetero) is 1. The number of halogens is 1. The summed E-state index contributed by atoms with van der Waals surface area (Å²) in [7, 11) is 1.89. The number of ether oxygens (including phenoxy) is 1. The van der Waals surface area contributed by atoms with Gasteiger partial charge in [-0.2, -0.15) is 15.0 Å². The summed E-state index contributed by atoms with van der Waals surface area (Å²) in [6.07, 6.45) is 22.1. The molecule has 0 aliphatic heterocycles. The SMILES string of the molecule is CC.CC.CCC.CCC(C)CCC1(COC)CCCC(C(CC)CCC(C)C(=O)Cn2nc3c(n2)/C=C\CC(Cl)C=C3)C1CC. The lowest BCUT2D eigenvalue weighted by Gasteiger charge is -2.51. The highest BCUT2D eigenvalue weighted by Gasteiger charge is 2.46. The van der Waals surface area contributed by atoms with Crippen molar-refractivity contribution < 1.29 is 9.53 Å². The number of aromatic nitrogens is 3. The van der Waals surface area contributed by atoms with Crippen molar-refractivity contribution in [2.75, 3.05) is 13.7 Å². The summed E-state index contributed by atoms with van der Waals surface area (Å²) in [5.74, 6) is 3.08. The van der Waals surface area contributed by atoms with Gasteiger partial charge in [0.05, 0.1) is 12.0 Å². The topological polar surface area (TPSA) is 57.0 Å².